The topological polar surface area (TPSA) is 89.7 Å². The summed E-state index contributed by atoms with van der Waals surface area (Å²) in [6, 6.07) is 4.05. The van der Waals surface area contributed by atoms with Crippen molar-refractivity contribution < 1.29 is 19.6 Å². The molecule has 17 heavy (non-hydrogen) atoms. The number of carboxylic acid groups (broad SMARTS) is 1. The SMILES string of the molecule is COCCSc1ccc([N+](=O)[O-])c(C(=O)O)c1. The first-order valence-corrected chi connectivity index (χ1v) is 5.68. The lowest BCUT2D eigenvalue weighted by Gasteiger charge is -2.03. The molecule has 0 saturated heterocycles. The second-order valence-corrected chi connectivity index (χ2v) is 4.25. The second-order valence-electron chi connectivity index (χ2n) is 3.08. The number of carboxylic acids is 1. The lowest BCUT2D eigenvalue weighted by Crippen LogP contribution is -2.02. The maximum absolute atomic E-state index is 10.9. The Bertz CT molecular complexity index is 435. The van der Waals surface area contributed by atoms with Crippen molar-refractivity contribution in [3.05, 3.63) is 33.9 Å². The summed E-state index contributed by atoms with van der Waals surface area (Å²) in [7, 11) is 1.57. The minimum atomic E-state index is -1.30. The highest BCUT2D eigenvalue weighted by Gasteiger charge is 2.19. The van der Waals surface area contributed by atoms with Crippen LogP contribution in [0.2, 0.25) is 0 Å². The van der Waals surface area contributed by atoms with Gasteiger partial charge in [-0.2, -0.15) is 0 Å². The predicted octanol–water partition coefficient (Wildman–Crippen LogP) is 2.03. The molecule has 0 aliphatic carbocycles. The highest BCUT2D eigenvalue weighted by atomic mass is 32.2. The first-order chi connectivity index (χ1) is 8.06. The summed E-state index contributed by atoms with van der Waals surface area (Å²) in [5.41, 5.74) is -0.689. The third-order valence-electron chi connectivity index (χ3n) is 1.95. The molecular weight excluding hydrogens is 246 g/mol. The van der Waals surface area contributed by atoms with Crippen LogP contribution in [0.4, 0.5) is 5.69 Å². The molecule has 0 atom stereocenters. The number of nitro groups is 1. The first kappa shape index (κ1) is 13.5. The van der Waals surface area contributed by atoms with Crippen LogP contribution >= 0.6 is 11.8 Å². The summed E-state index contributed by atoms with van der Waals surface area (Å²) in [5.74, 6) is -0.640. The molecule has 0 spiro atoms. The van der Waals surface area contributed by atoms with Gasteiger partial charge in [0.2, 0.25) is 0 Å². The molecule has 0 radical (unpaired) electrons. The Kier molecular flexibility index (Phi) is 4.92. The lowest BCUT2D eigenvalue weighted by molar-refractivity contribution is -0.385. The molecule has 0 unspecified atom stereocenters. The van der Waals surface area contributed by atoms with Crippen molar-refractivity contribution in [1.29, 1.82) is 0 Å². The van der Waals surface area contributed by atoms with E-state index < -0.39 is 16.6 Å². The number of rotatable bonds is 6. The summed E-state index contributed by atoms with van der Waals surface area (Å²) < 4.78 is 4.86. The van der Waals surface area contributed by atoms with E-state index in [0.29, 0.717) is 17.3 Å². The largest absolute Gasteiger partial charge is 0.477 e. The van der Waals surface area contributed by atoms with E-state index in [2.05, 4.69) is 0 Å². The molecule has 1 aromatic rings. The fourth-order valence-corrected chi connectivity index (χ4v) is 2.03. The number of methoxy groups -OCH3 is 1. The highest BCUT2D eigenvalue weighted by Crippen LogP contribution is 2.25. The van der Waals surface area contributed by atoms with E-state index in [9.17, 15) is 14.9 Å². The summed E-state index contributed by atoms with van der Waals surface area (Å²) >= 11 is 1.39. The molecule has 6 nitrogen and oxygen atoms in total. The van der Waals surface area contributed by atoms with Gasteiger partial charge in [0, 0.05) is 23.8 Å². The van der Waals surface area contributed by atoms with Crippen LogP contribution in [0.5, 0.6) is 0 Å². The molecule has 1 N–H and O–H groups in total. The zero-order valence-electron chi connectivity index (χ0n) is 9.08. The van der Waals surface area contributed by atoms with Crippen molar-refractivity contribution >= 4 is 23.4 Å². The average Bonchev–Trinajstić information content (AvgIpc) is 2.29. The molecule has 0 aliphatic rings. The molecule has 0 aromatic heterocycles. The number of hydrogen-bond acceptors (Lipinski definition) is 5. The van der Waals surface area contributed by atoms with E-state index in [4.69, 9.17) is 9.84 Å². The van der Waals surface area contributed by atoms with Crippen molar-refractivity contribution in [1.82, 2.24) is 0 Å². The van der Waals surface area contributed by atoms with Gasteiger partial charge < -0.3 is 9.84 Å². The molecule has 0 saturated carbocycles. The number of ether oxygens (including phenoxy) is 1. The van der Waals surface area contributed by atoms with E-state index in [1.807, 2.05) is 0 Å². The van der Waals surface area contributed by atoms with E-state index >= 15 is 0 Å². The highest BCUT2D eigenvalue weighted by molar-refractivity contribution is 7.99. The Morgan fingerprint density at radius 3 is 2.82 bits per heavy atom. The molecule has 92 valence electrons. The van der Waals surface area contributed by atoms with Gasteiger partial charge in [0.25, 0.3) is 5.69 Å². The zero-order valence-corrected chi connectivity index (χ0v) is 9.90. The standard InChI is InChI=1S/C10H11NO5S/c1-16-4-5-17-7-2-3-9(11(14)15)8(6-7)10(12)13/h2-3,6H,4-5H2,1H3,(H,12,13). The van der Waals surface area contributed by atoms with Gasteiger partial charge in [0.1, 0.15) is 5.56 Å². The van der Waals surface area contributed by atoms with Crippen LogP contribution in [0.3, 0.4) is 0 Å². The number of nitrogens with zero attached hydrogens (tertiary/aromatic N) is 1. The van der Waals surface area contributed by atoms with Gasteiger partial charge in [-0.05, 0) is 12.1 Å². The average molecular weight is 257 g/mol. The summed E-state index contributed by atoms with van der Waals surface area (Å²) in [6.45, 7) is 0.532. The number of nitro benzene ring substituents is 1. The quantitative estimate of drug-likeness (QED) is 0.363. The van der Waals surface area contributed by atoms with Crippen molar-refractivity contribution in [2.24, 2.45) is 0 Å². The van der Waals surface area contributed by atoms with Gasteiger partial charge in [-0.15, -0.1) is 11.8 Å². The van der Waals surface area contributed by atoms with Gasteiger partial charge >= 0.3 is 5.97 Å². The maximum Gasteiger partial charge on any atom is 0.342 e. The molecule has 0 amide bonds. The third kappa shape index (κ3) is 3.72. The van der Waals surface area contributed by atoms with Gasteiger partial charge in [-0.3, -0.25) is 10.1 Å². The zero-order chi connectivity index (χ0) is 12.8. The molecule has 0 heterocycles. The van der Waals surface area contributed by atoms with Crippen LogP contribution in [-0.2, 0) is 4.74 Å². The number of thioether (sulfide) groups is 1. The minimum Gasteiger partial charge on any atom is -0.477 e. The summed E-state index contributed by atoms with van der Waals surface area (Å²) in [4.78, 5) is 21.5. The molecule has 1 aromatic carbocycles. The van der Waals surface area contributed by atoms with Crippen LogP contribution in [0.1, 0.15) is 10.4 Å². The van der Waals surface area contributed by atoms with Gasteiger partial charge in [0.05, 0.1) is 11.5 Å². The van der Waals surface area contributed by atoms with E-state index in [1.54, 1.807) is 7.11 Å². The molecule has 7 heteroatoms. The Hall–Kier alpha value is -1.60. The fraction of sp³-hybridized carbons (Fsp3) is 0.300. The predicted molar refractivity (Wildman–Crippen MR) is 62.7 cm³/mol. The third-order valence-corrected chi connectivity index (χ3v) is 2.91. The summed E-state index contributed by atoms with van der Waals surface area (Å²) in [6.07, 6.45) is 0. The Morgan fingerprint density at radius 2 is 2.29 bits per heavy atom. The Balaban J connectivity index is 2.94. The molecule has 0 bridgehead atoms. The van der Waals surface area contributed by atoms with Gasteiger partial charge in [0.15, 0.2) is 0 Å². The number of benzene rings is 1. The molecular formula is C10H11NO5S. The first-order valence-electron chi connectivity index (χ1n) is 4.69. The number of aromatic carboxylic acids is 1. The van der Waals surface area contributed by atoms with Crippen molar-refractivity contribution in [2.75, 3.05) is 19.5 Å². The normalized spacial score (nSPS) is 10.2. The van der Waals surface area contributed by atoms with Crippen LogP contribution in [-0.4, -0.2) is 35.5 Å². The van der Waals surface area contributed by atoms with E-state index in [0.717, 1.165) is 0 Å². The van der Waals surface area contributed by atoms with Crippen LogP contribution < -0.4 is 0 Å². The van der Waals surface area contributed by atoms with Crippen molar-refractivity contribution in [3.8, 4) is 0 Å². The van der Waals surface area contributed by atoms with E-state index in [-0.39, 0.29) is 5.56 Å². The van der Waals surface area contributed by atoms with Gasteiger partial charge in [-0.1, -0.05) is 0 Å². The number of carbonyl (C=O) groups is 1. The molecule has 0 aliphatic heterocycles. The lowest BCUT2D eigenvalue weighted by atomic mass is 10.2. The van der Waals surface area contributed by atoms with Crippen LogP contribution in [0.25, 0.3) is 0 Å². The smallest absolute Gasteiger partial charge is 0.342 e. The second kappa shape index (κ2) is 6.21. The summed E-state index contributed by atoms with van der Waals surface area (Å²) in [5, 5.41) is 19.5. The molecule has 1 rings (SSSR count). The van der Waals surface area contributed by atoms with Crippen LogP contribution in [0, 0.1) is 10.1 Å². The van der Waals surface area contributed by atoms with Crippen molar-refractivity contribution in [3.63, 3.8) is 0 Å². The maximum atomic E-state index is 10.9. The molecule has 0 fully saturated rings. The van der Waals surface area contributed by atoms with Gasteiger partial charge in [-0.25, -0.2) is 4.79 Å². The fourth-order valence-electron chi connectivity index (χ4n) is 1.18. The minimum absolute atomic E-state index is 0.294. The van der Waals surface area contributed by atoms with Crippen molar-refractivity contribution in [2.45, 2.75) is 4.90 Å². The Labute approximate surface area is 102 Å². The van der Waals surface area contributed by atoms with E-state index in [1.165, 1.54) is 30.0 Å². The number of hydrogen-bond donors (Lipinski definition) is 1. The Morgan fingerprint density at radius 1 is 1.59 bits per heavy atom. The monoisotopic (exact) mass is 257 g/mol. The van der Waals surface area contributed by atoms with Crippen LogP contribution in [0.15, 0.2) is 23.1 Å².